The maximum absolute atomic E-state index is 14.1. The summed E-state index contributed by atoms with van der Waals surface area (Å²) < 4.78 is 39.7. The number of carbonyl (C=O) groups excluding carboxylic acids is 2. The van der Waals surface area contributed by atoms with Crippen LogP contribution in [0.25, 0.3) is 0 Å². The van der Waals surface area contributed by atoms with Gasteiger partial charge >= 0.3 is 0 Å². The highest BCUT2D eigenvalue weighted by Gasteiger charge is 2.33. The maximum atomic E-state index is 14.1. The van der Waals surface area contributed by atoms with Crippen molar-refractivity contribution in [1.29, 1.82) is 0 Å². The molecule has 0 fully saturated rings. The predicted octanol–water partition coefficient (Wildman–Crippen LogP) is 4.28. The summed E-state index contributed by atoms with van der Waals surface area (Å²) in [6.07, 6.45) is 1.63. The van der Waals surface area contributed by atoms with E-state index in [0.717, 1.165) is 16.3 Å². The third-order valence-corrected chi connectivity index (χ3v) is 8.47. The van der Waals surface area contributed by atoms with Crippen molar-refractivity contribution < 1.29 is 27.5 Å². The first-order chi connectivity index (χ1) is 19.8. The van der Waals surface area contributed by atoms with E-state index in [0.29, 0.717) is 30.9 Å². The summed E-state index contributed by atoms with van der Waals surface area (Å²) in [6.45, 7) is 4.00. The van der Waals surface area contributed by atoms with Crippen molar-refractivity contribution in [1.82, 2.24) is 10.2 Å². The second kappa shape index (κ2) is 15.1. The lowest BCUT2D eigenvalue weighted by atomic mass is 10.1. The summed E-state index contributed by atoms with van der Waals surface area (Å²) in [6, 6.07) is 21.5. The molecule has 1 N–H and O–H groups in total. The number of amides is 2. The highest BCUT2D eigenvalue weighted by atomic mass is 32.2. The lowest BCUT2D eigenvalue weighted by molar-refractivity contribution is -0.139. The fourth-order valence-electron chi connectivity index (χ4n) is 4.49. The maximum Gasteiger partial charge on any atom is 0.264 e. The van der Waals surface area contributed by atoms with Crippen LogP contribution >= 0.6 is 0 Å². The highest BCUT2D eigenvalue weighted by Crippen LogP contribution is 2.34. The van der Waals surface area contributed by atoms with Crippen LogP contribution in [-0.4, -0.2) is 65.0 Å². The smallest absolute Gasteiger partial charge is 0.264 e. The zero-order chi connectivity index (χ0) is 29.8. The van der Waals surface area contributed by atoms with Gasteiger partial charge in [0, 0.05) is 19.2 Å². The lowest BCUT2D eigenvalue weighted by Crippen LogP contribution is -2.53. The molecule has 0 heterocycles. The molecule has 3 aromatic rings. The van der Waals surface area contributed by atoms with Crippen molar-refractivity contribution in [3.05, 3.63) is 84.4 Å². The number of carbonyl (C=O) groups is 2. The van der Waals surface area contributed by atoms with Crippen LogP contribution in [0.3, 0.4) is 0 Å². The molecule has 3 aromatic carbocycles. The number of anilines is 1. The molecule has 3 rings (SSSR count). The fraction of sp³-hybridized carbons (Fsp3) is 0.355. The largest absolute Gasteiger partial charge is 0.493 e. The number of ether oxygens (including phenoxy) is 2. The molecule has 0 aliphatic carbocycles. The first kappa shape index (κ1) is 31.5. The van der Waals surface area contributed by atoms with E-state index in [1.807, 2.05) is 44.2 Å². The van der Waals surface area contributed by atoms with Crippen LogP contribution in [0.4, 0.5) is 5.69 Å². The predicted molar refractivity (Wildman–Crippen MR) is 160 cm³/mol. The molecule has 0 unspecified atom stereocenters. The average Bonchev–Trinajstić information content (AvgIpc) is 3.01. The van der Waals surface area contributed by atoms with Crippen molar-refractivity contribution in [2.24, 2.45) is 0 Å². The van der Waals surface area contributed by atoms with Crippen LogP contribution in [0.1, 0.15) is 32.3 Å². The molecule has 10 heteroatoms. The van der Waals surface area contributed by atoms with E-state index in [1.54, 1.807) is 30.3 Å². The van der Waals surface area contributed by atoms with Crippen molar-refractivity contribution in [2.45, 2.75) is 44.0 Å². The van der Waals surface area contributed by atoms with Gasteiger partial charge in [-0.05, 0) is 49.1 Å². The van der Waals surface area contributed by atoms with E-state index < -0.39 is 28.5 Å². The van der Waals surface area contributed by atoms with Gasteiger partial charge in [0.05, 0.1) is 24.8 Å². The Morgan fingerprint density at radius 3 is 2.10 bits per heavy atom. The monoisotopic (exact) mass is 581 g/mol. The van der Waals surface area contributed by atoms with Gasteiger partial charge in [-0.25, -0.2) is 8.42 Å². The lowest BCUT2D eigenvalue weighted by Gasteiger charge is -2.33. The Morgan fingerprint density at radius 2 is 1.51 bits per heavy atom. The second-order valence-electron chi connectivity index (χ2n) is 9.40. The third-order valence-electron chi connectivity index (χ3n) is 6.68. The minimum absolute atomic E-state index is 0.0335. The van der Waals surface area contributed by atoms with Crippen LogP contribution < -0.4 is 19.1 Å². The van der Waals surface area contributed by atoms with Gasteiger partial charge in [-0.1, -0.05) is 62.4 Å². The summed E-state index contributed by atoms with van der Waals surface area (Å²) >= 11 is 0. The third kappa shape index (κ3) is 8.00. The Morgan fingerprint density at radius 1 is 0.878 bits per heavy atom. The Labute approximate surface area is 243 Å². The van der Waals surface area contributed by atoms with Crippen LogP contribution in [0.2, 0.25) is 0 Å². The average molecular weight is 582 g/mol. The molecule has 9 nitrogen and oxygen atoms in total. The molecule has 1 atom stereocenters. The van der Waals surface area contributed by atoms with Gasteiger partial charge in [-0.2, -0.15) is 0 Å². The molecule has 2 amide bonds. The summed E-state index contributed by atoms with van der Waals surface area (Å²) in [7, 11) is -1.23. The Bertz CT molecular complexity index is 1380. The van der Waals surface area contributed by atoms with Gasteiger partial charge in [-0.15, -0.1) is 0 Å². The zero-order valence-electron chi connectivity index (χ0n) is 24.1. The second-order valence-corrected chi connectivity index (χ2v) is 11.3. The molecule has 41 heavy (non-hydrogen) atoms. The molecule has 220 valence electrons. The van der Waals surface area contributed by atoms with E-state index in [1.165, 1.54) is 37.3 Å². The number of nitrogens with one attached hydrogen (secondary N) is 1. The van der Waals surface area contributed by atoms with Crippen LogP contribution in [0, 0.1) is 0 Å². The number of methoxy groups -OCH3 is 2. The van der Waals surface area contributed by atoms with Gasteiger partial charge < -0.3 is 19.7 Å². The number of benzene rings is 3. The highest BCUT2D eigenvalue weighted by molar-refractivity contribution is 7.92. The van der Waals surface area contributed by atoms with Gasteiger partial charge in [0.1, 0.15) is 12.6 Å². The fourth-order valence-corrected chi connectivity index (χ4v) is 5.92. The first-order valence-electron chi connectivity index (χ1n) is 13.7. The first-order valence-corrected chi connectivity index (χ1v) is 15.1. The molecule has 0 aliphatic heterocycles. The van der Waals surface area contributed by atoms with Gasteiger partial charge in [0.2, 0.25) is 11.8 Å². The standard InChI is InChI=1S/C31H39N3O6S/c1-5-20-32-31(36)27(6-2)33(21-19-24-13-9-7-10-14-24)30(35)23-34(41(37,38)26-15-11-8-12-16-26)25-17-18-28(39-3)29(22-25)40-4/h7-18,22,27H,5-6,19-21,23H2,1-4H3,(H,32,36)/t27-/m1/s1. The molecule has 0 aromatic heterocycles. The van der Waals surface area contributed by atoms with E-state index in [-0.39, 0.29) is 23.0 Å². The SMILES string of the molecule is CCCNC(=O)[C@@H](CC)N(CCc1ccccc1)C(=O)CN(c1ccc(OC)c(OC)c1)S(=O)(=O)c1ccccc1. The van der Waals surface area contributed by atoms with E-state index in [4.69, 9.17) is 9.47 Å². The number of sulfonamides is 1. The van der Waals surface area contributed by atoms with E-state index in [9.17, 15) is 18.0 Å². The van der Waals surface area contributed by atoms with Crippen molar-refractivity contribution >= 4 is 27.5 Å². The minimum atomic E-state index is -4.17. The molecule has 0 bridgehead atoms. The molecule has 0 radical (unpaired) electrons. The Hall–Kier alpha value is -4.05. The van der Waals surface area contributed by atoms with Crippen molar-refractivity contribution in [2.75, 3.05) is 38.2 Å². The van der Waals surface area contributed by atoms with Crippen LogP contribution in [-0.2, 0) is 26.0 Å². The topological polar surface area (TPSA) is 105 Å². The van der Waals surface area contributed by atoms with Crippen molar-refractivity contribution in [3.63, 3.8) is 0 Å². The van der Waals surface area contributed by atoms with E-state index in [2.05, 4.69) is 5.32 Å². The quantitative estimate of drug-likeness (QED) is 0.287. The number of hydrogen-bond acceptors (Lipinski definition) is 6. The molecular weight excluding hydrogens is 542 g/mol. The Balaban J connectivity index is 2.04. The summed E-state index contributed by atoms with van der Waals surface area (Å²) in [5.41, 5.74) is 1.23. The molecular formula is C31H39N3O6S. The minimum Gasteiger partial charge on any atom is -0.493 e. The molecule has 0 saturated heterocycles. The number of hydrogen-bond donors (Lipinski definition) is 1. The van der Waals surface area contributed by atoms with E-state index >= 15 is 0 Å². The van der Waals surface area contributed by atoms with Gasteiger partial charge in [0.25, 0.3) is 10.0 Å². The normalized spacial score (nSPS) is 11.8. The molecule has 0 spiro atoms. The Kier molecular flexibility index (Phi) is 11.6. The van der Waals surface area contributed by atoms with Crippen LogP contribution in [0.15, 0.2) is 83.8 Å². The van der Waals surface area contributed by atoms with Gasteiger partial charge in [-0.3, -0.25) is 13.9 Å². The van der Waals surface area contributed by atoms with Crippen LogP contribution in [0.5, 0.6) is 11.5 Å². The summed E-state index contributed by atoms with van der Waals surface area (Å²) in [5, 5.41) is 2.89. The zero-order valence-corrected chi connectivity index (χ0v) is 24.9. The van der Waals surface area contributed by atoms with Crippen molar-refractivity contribution in [3.8, 4) is 11.5 Å². The summed E-state index contributed by atoms with van der Waals surface area (Å²) in [4.78, 5) is 28.7. The summed E-state index contributed by atoms with van der Waals surface area (Å²) in [5.74, 6) is -0.0205. The number of nitrogens with zero attached hydrogens (tertiary/aromatic N) is 2. The number of rotatable bonds is 15. The van der Waals surface area contributed by atoms with Gasteiger partial charge in [0.15, 0.2) is 11.5 Å². The molecule has 0 aliphatic rings. The molecule has 0 saturated carbocycles.